The Bertz CT molecular complexity index is 149. The molecule has 0 aliphatic carbocycles. The minimum absolute atomic E-state index is 0.242. The smallest absolute Gasteiger partial charge is 0.144 e. The lowest BCUT2D eigenvalue weighted by Crippen LogP contribution is -2.48. The molecule has 1 aliphatic heterocycles. The zero-order valence-electron chi connectivity index (χ0n) is 6.67. The van der Waals surface area contributed by atoms with E-state index in [1.807, 2.05) is 0 Å². The van der Waals surface area contributed by atoms with Gasteiger partial charge in [0.05, 0.1) is 4.50 Å². The second-order valence-corrected chi connectivity index (χ2v) is 11.6. The van der Waals surface area contributed by atoms with E-state index >= 15 is 0 Å². The van der Waals surface area contributed by atoms with Crippen molar-refractivity contribution in [2.45, 2.75) is 43.1 Å². The van der Waals surface area contributed by atoms with Gasteiger partial charge in [-0.05, 0) is 18.9 Å². The Hall–Kier alpha value is 1.09. The van der Waals surface area contributed by atoms with Gasteiger partial charge in [-0.2, -0.15) is 0 Å². The van der Waals surface area contributed by atoms with Crippen LogP contribution in [0.4, 0.5) is 0 Å². The molecule has 0 saturated carbocycles. The predicted octanol–water partition coefficient (Wildman–Crippen LogP) is 4.02. The quantitative estimate of drug-likeness (QED) is 0.363. The summed E-state index contributed by atoms with van der Waals surface area (Å²) in [4.78, 5) is 0. The molecule has 1 unspecified atom stereocenters. The van der Waals surface area contributed by atoms with Crippen molar-refractivity contribution in [1.82, 2.24) is 0 Å². The first-order valence-electron chi connectivity index (χ1n) is 4.08. The summed E-state index contributed by atoms with van der Waals surface area (Å²) in [6.07, 6.45) is 4.26. The maximum Gasteiger partial charge on any atom is 0.271 e. The highest BCUT2D eigenvalue weighted by Gasteiger charge is 2.51. The maximum atomic E-state index is 6.35. The molecule has 1 saturated heterocycles. The van der Waals surface area contributed by atoms with Crippen LogP contribution in [-0.2, 0) is 0 Å². The van der Waals surface area contributed by atoms with Crippen LogP contribution < -0.4 is 0 Å². The summed E-state index contributed by atoms with van der Waals surface area (Å²) in [5, 5.41) is 0. The van der Waals surface area contributed by atoms with E-state index in [0.717, 1.165) is 25.3 Å². The van der Waals surface area contributed by atoms with Gasteiger partial charge in [-0.25, -0.2) is 0 Å². The van der Waals surface area contributed by atoms with Gasteiger partial charge in [0.15, 0.2) is 0 Å². The Morgan fingerprint density at radius 1 is 1.36 bits per heavy atom. The lowest BCUT2D eigenvalue weighted by Gasteiger charge is -2.39. The first kappa shape index (κ1) is 10.2. The normalized spacial score (nSPS) is 37.1. The summed E-state index contributed by atoms with van der Waals surface area (Å²) < 4.78 is -0.242. The molecule has 0 radical (unpaired) electrons. The molecule has 1 fully saturated rings. The average molecular weight is 232 g/mol. The monoisotopic (exact) mass is 230 g/mol. The highest BCUT2D eigenvalue weighted by molar-refractivity contribution is 7.48. The van der Waals surface area contributed by atoms with Crippen molar-refractivity contribution in [3.63, 3.8) is 0 Å². The third-order valence-electron chi connectivity index (χ3n) is 2.53. The third-order valence-corrected chi connectivity index (χ3v) is 10.7. The van der Waals surface area contributed by atoms with Crippen molar-refractivity contribution in [2.75, 3.05) is 0 Å². The summed E-state index contributed by atoms with van der Waals surface area (Å²) in [6, 6.07) is 0.966. The third kappa shape index (κ3) is 1.88. The van der Waals surface area contributed by atoms with Crippen LogP contribution in [0, 0.1) is 0 Å². The van der Waals surface area contributed by atoms with E-state index in [1.165, 1.54) is 6.42 Å². The first-order chi connectivity index (χ1) is 5.02. The fourth-order valence-corrected chi connectivity index (χ4v) is 6.38. The lowest BCUT2D eigenvalue weighted by atomic mass is 10.1. The summed E-state index contributed by atoms with van der Waals surface area (Å²) >= 11 is 18.9. The van der Waals surface area contributed by atoms with E-state index in [-0.39, 0.29) is 4.50 Å². The lowest BCUT2D eigenvalue weighted by molar-refractivity contribution is 0.573. The Kier molecular flexibility index (Phi) is 3.19. The van der Waals surface area contributed by atoms with Crippen molar-refractivity contribution >= 4 is 40.5 Å². The van der Waals surface area contributed by atoms with Crippen molar-refractivity contribution in [3.05, 3.63) is 0 Å². The molecule has 66 valence electrons. The zero-order chi connectivity index (χ0) is 8.54. The second kappa shape index (κ2) is 3.45. The van der Waals surface area contributed by atoms with Crippen LogP contribution in [0.25, 0.3) is 0 Å². The number of halogens is 3. The van der Waals surface area contributed by atoms with E-state index in [4.69, 9.17) is 33.8 Å². The van der Waals surface area contributed by atoms with Crippen LogP contribution in [0.1, 0.15) is 32.6 Å². The fraction of sp³-hybridized carbons (Fsp3) is 1.00. The molecule has 0 aromatic heterocycles. The number of alkyl halides is 1. The van der Waals surface area contributed by atoms with Gasteiger partial charge in [-0.1, -0.05) is 19.8 Å². The molecule has 0 N–H and O–H groups in total. The molecule has 0 spiro atoms. The standard InChI is InChI=1S/C7H13Cl3Si/c1-2-7(8)5-3-4-6-11(7,9)10/h2-6H2,1H3. The van der Waals surface area contributed by atoms with Crippen LogP contribution in [0.15, 0.2) is 0 Å². The van der Waals surface area contributed by atoms with Crippen molar-refractivity contribution in [1.29, 1.82) is 0 Å². The fourth-order valence-electron chi connectivity index (χ4n) is 1.59. The Labute approximate surface area is 83.6 Å². The van der Waals surface area contributed by atoms with E-state index < -0.39 is 6.69 Å². The molecule has 0 nitrogen and oxygen atoms in total. The average Bonchev–Trinajstić information content (AvgIpc) is 1.95. The molecule has 4 heteroatoms. The predicted molar refractivity (Wildman–Crippen MR) is 55.0 cm³/mol. The summed E-state index contributed by atoms with van der Waals surface area (Å²) in [5.41, 5.74) is 0. The van der Waals surface area contributed by atoms with Crippen molar-refractivity contribution in [2.24, 2.45) is 0 Å². The molecule has 1 rings (SSSR count). The summed E-state index contributed by atoms with van der Waals surface area (Å²) in [7, 11) is 0. The Balaban J connectivity index is 2.74. The highest BCUT2D eigenvalue weighted by Crippen LogP contribution is 2.47. The van der Waals surface area contributed by atoms with Crippen LogP contribution in [0.5, 0.6) is 0 Å². The molecular formula is C7H13Cl3Si. The molecule has 0 amide bonds. The molecule has 0 bridgehead atoms. The Morgan fingerprint density at radius 2 is 2.00 bits per heavy atom. The highest BCUT2D eigenvalue weighted by atomic mass is 35.7. The zero-order valence-corrected chi connectivity index (χ0v) is 9.94. The van der Waals surface area contributed by atoms with Gasteiger partial charge >= 0.3 is 0 Å². The van der Waals surface area contributed by atoms with E-state index in [9.17, 15) is 0 Å². The van der Waals surface area contributed by atoms with Gasteiger partial charge in [-0.3, -0.25) is 0 Å². The van der Waals surface area contributed by atoms with Crippen LogP contribution in [-0.4, -0.2) is 11.2 Å². The number of hydrogen-bond donors (Lipinski definition) is 0. The minimum atomic E-state index is -2.13. The first-order valence-corrected chi connectivity index (χ1v) is 8.69. The molecule has 0 aromatic rings. The topological polar surface area (TPSA) is 0 Å². The van der Waals surface area contributed by atoms with Gasteiger partial charge < -0.3 is 0 Å². The molecule has 1 atom stereocenters. The summed E-state index contributed by atoms with van der Waals surface area (Å²) in [6.45, 7) is -0.0600. The van der Waals surface area contributed by atoms with Crippen molar-refractivity contribution < 1.29 is 0 Å². The van der Waals surface area contributed by atoms with Crippen LogP contribution in [0.3, 0.4) is 0 Å². The molecule has 1 aliphatic rings. The van der Waals surface area contributed by atoms with E-state index in [2.05, 4.69) is 6.92 Å². The molecular weight excluding hydrogens is 219 g/mol. The van der Waals surface area contributed by atoms with Gasteiger partial charge in [0.25, 0.3) is 6.69 Å². The SMILES string of the molecule is CCC1(Cl)CCCC[Si]1(Cl)Cl. The van der Waals surface area contributed by atoms with Crippen LogP contribution in [0.2, 0.25) is 6.04 Å². The molecule has 11 heavy (non-hydrogen) atoms. The van der Waals surface area contributed by atoms with E-state index in [1.54, 1.807) is 0 Å². The Morgan fingerprint density at radius 3 is 2.36 bits per heavy atom. The molecule has 1 heterocycles. The minimum Gasteiger partial charge on any atom is -0.144 e. The molecule has 0 aromatic carbocycles. The van der Waals surface area contributed by atoms with Gasteiger partial charge in [-0.15, -0.1) is 33.8 Å². The maximum absolute atomic E-state index is 6.35. The van der Waals surface area contributed by atoms with Crippen LogP contribution >= 0.6 is 33.8 Å². The van der Waals surface area contributed by atoms with Crippen molar-refractivity contribution in [3.8, 4) is 0 Å². The van der Waals surface area contributed by atoms with E-state index in [0.29, 0.717) is 0 Å². The largest absolute Gasteiger partial charge is 0.271 e. The number of rotatable bonds is 1. The summed E-state index contributed by atoms with van der Waals surface area (Å²) in [5.74, 6) is 0. The van der Waals surface area contributed by atoms with Gasteiger partial charge in [0.1, 0.15) is 0 Å². The number of hydrogen-bond acceptors (Lipinski definition) is 0. The second-order valence-electron chi connectivity index (χ2n) is 3.23. The van der Waals surface area contributed by atoms with Gasteiger partial charge in [0.2, 0.25) is 0 Å². The van der Waals surface area contributed by atoms with Gasteiger partial charge in [0, 0.05) is 0 Å².